The van der Waals surface area contributed by atoms with E-state index in [9.17, 15) is 14.4 Å². The second kappa shape index (κ2) is 11.9. The van der Waals surface area contributed by atoms with Gasteiger partial charge < -0.3 is 25.4 Å². The summed E-state index contributed by atoms with van der Waals surface area (Å²) in [5, 5.41) is 19.0. The van der Waals surface area contributed by atoms with Crippen LogP contribution in [0, 0.1) is 0 Å². The van der Waals surface area contributed by atoms with Gasteiger partial charge in [-0.3, -0.25) is 9.59 Å². The van der Waals surface area contributed by atoms with Gasteiger partial charge in [-0.05, 0) is 38.8 Å². The Bertz CT molecular complexity index is 1000. The van der Waals surface area contributed by atoms with Gasteiger partial charge in [0.05, 0.1) is 11.6 Å². The number of hydrogen-bond donors (Lipinski definition) is 3. The van der Waals surface area contributed by atoms with Crippen molar-refractivity contribution in [1.82, 2.24) is 25.0 Å². The molecule has 34 heavy (non-hydrogen) atoms. The van der Waals surface area contributed by atoms with Crippen LogP contribution >= 0.6 is 11.6 Å². The van der Waals surface area contributed by atoms with Crippen LogP contribution < -0.4 is 10.6 Å². The molecule has 0 radical (unpaired) electrons. The molecule has 0 spiro atoms. The number of ether oxygens (including phenoxy) is 1. The molecule has 3 heterocycles. The van der Waals surface area contributed by atoms with Gasteiger partial charge in [0.15, 0.2) is 5.69 Å². The minimum atomic E-state index is -0.799. The predicted octanol–water partition coefficient (Wildman–Crippen LogP) is 1.32. The number of esters is 1. The summed E-state index contributed by atoms with van der Waals surface area (Å²) in [6.45, 7) is 5.15. The van der Waals surface area contributed by atoms with Crippen molar-refractivity contribution in [1.29, 1.82) is 0 Å². The predicted molar refractivity (Wildman–Crippen MR) is 125 cm³/mol. The number of carbonyl (C=O) groups excluding carboxylic acids is 3. The van der Waals surface area contributed by atoms with Crippen molar-refractivity contribution < 1.29 is 24.2 Å². The van der Waals surface area contributed by atoms with Crippen molar-refractivity contribution in [2.24, 2.45) is 0 Å². The fourth-order valence-corrected chi connectivity index (χ4v) is 3.73. The topological polar surface area (TPSA) is 139 Å². The lowest BCUT2D eigenvalue weighted by Crippen LogP contribution is -2.47. The third-order valence-corrected chi connectivity index (χ3v) is 5.65. The van der Waals surface area contributed by atoms with Crippen LogP contribution in [0.1, 0.15) is 47.7 Å². The molecule has 1 aliphatic rings. The lowest BCUT2D eigenvalue weighted by molar-refractivity contribution is -0.116. The van der Waals surface area contributed by atoms with Crippen molar-refractivity contribution in [3.8, 4) is 0 Å². The van der Waals surface area contributed by atoms with Crippen LogP contribution in [0.25, 0.3) is 0 Å². The highest BCUT2D eigenvalue weighted by atomic mass is 35.5. The van der Waals surface area contributed by atoms with Gasteiger partial charge in [0.2, 0.25) is 5.91 Å². The number of amides is 2. The molecule has 0 atom stereocenters. The Kier molecular flexibility index (Phi) is 8.97. The number of likely N-dealkylation sites (tertiary alicyclic amines) is 1. The fraction of sp³-hybridized carbons (Fsp3) is 0.500. The molecule has 0 aliphatic carbocycles. The molecule has 12 heteroatoms. The van der Waals surface area contributed by atoms with E-state index in [1.807, 2.05) is 0 Å². The molecule has 0 bridgehead atoms. The molecule has 11 nitrogen and oxygen atoms in total. The molecule has 2 aromatic rings. The smallest absolute Gasteiger partial charge is 0.358 e. The summed E-state index contributed by atoms with van der Waals surface area (Å²) in [5.41, 5.74) is -0.0768. The SMILES string of the molecule is CC(C)N1CCC(NC(=O)c2cc(C(=O)OCCO)nn2CC(=O)Nc2ccc(Cl)cn2)CC1. The Morgan fingerprint density at radius 3 is 2.62 bits per heavy atom. The van der Waals surface area contributed by atoms with Crippen LogP contribution in [0.4, 0.5) is 5.82 Å². The molecule has 2 aromatic heterocycles. The number of carbonyl (C=O) groups is 3. The standard InChI is InChI=1S/C22H29ClN6O5/c1-14(2)28-7-5-16(6-8-28)25-21(32)18-11-17(22(33)34-10-9-30)27-29(18)13-20(31)26-19-4-3-15(23)12-24-19/h3-4,11-12,14,16,30H,5-10,13H2,1-2H3,(H,25,32)(H,24,26,31). The monoisotopic (exact) mass is 492 g/mol. The normalized spacial score (nSPS) is 14.7. The summed E-state index contributed by atoms with van der Waals surface area (Å²) in [4.78, 5) is 44.2. The maximum atomic E-state index is 13.0. The van der Waals surface area contributed by atoms with Gasteiger partial charge in [-0.15, -0.1) is 0 Å². The highest BCUT2D eigenvalue weighted by Crippen LogP contribution is 2.15. The van der Waals surface area contributed by atoms with Gasteiger partial charge in [-0.2, -0.15) is 5.10 Å². The van der Waals surface area contributed by atoms with Crippen LogP contribution in [-0.4, -0.2) is 80.9 Å². The van der Waals surface area contributed by atoms with Gasteiger partial charge in [0, 0.05) is 37.4 Å². The molecule has 1 fully saturated rings. The molecular formula is C22H29ClN6O5. The number of halogens is 1. The van der Waals surface area contributed by atoms with Gasteiger partial charge in [-0.1, -0.05) is 11.6 Å². The third-order valence-electron chi connectivity index (χ3n) is 5.43. The number of aromatic nitrogens is 3. The highest BCUT2D eigenvalue weighted by Gasteiger charge is 2.26. The molecule has 0 saturated carbocycles. The molecule has 184 valence electrons. The van der Waals surface area contributed by atoms with E-state index in [1.165, 1.54) is 18.3 Å². The maximum absolute atomic E-state index is 13.0. The molecule has 2 amide bonds. The van der Waals surface area contributed by atoms with E-state index < -0.39 is 17.8 Å². The summed E-state index contributed by atoms with van der Waals surface area (Å²) in [5.74, 6) is -1.44. The number of nitrogens with zero attached hydrogens (tertiary/aromatic N) is 4. The van der Waals surface area contributed by atoms with Crippen LogP contribution in [0.2, 0.25) is 5.02 Å². The Balaban J connectivity index is 1.72. The highest BCUT2D eigenvalue weighted by molar-refractivity contribution is 6.30. The first-order chi connectivity index (χ1) is 16.3. The minimum absolute atomic E-state index is 0.0252. The molecule has 1 aliphatic heterocycles. The summed E-state index contributed by atoms with van der Waals surface area (Å²) < 4.78 is 6.05. The number of nitrogens with one attached hydrogen (secondary N) is 2. The molecular weight excluding hydrogens is 464 g/mol. The van der Waals surface area contributed by atoms with Crippen molar-refractivity contribution in [3.05, 3.63) is 40.8 Å². The first-order valence-electron chi connectivity index (χ1n) is 11.1. The lowest BCUT2D eigenvalue weighted by Gasteiger charge is -2.34. The first kappa shape index (κ1) is 25.6. The van der Waals surface area contributed by atoms with Crippen LogP contribution in [0.15, 0.2) is 24.4 Å². The number of hydrogen-bond acceptors (Lipinski definition) is 8. The summed E-state index contributed by atoms with van der Waals surface area (Å²) in [6.07, 6.45) is 2.99. The zero-order chi connectivity index (χ0) is 24.7. The molecule has 0 unspecified atom stereocenters. The Morgan fingerprint density at radius 1 is 1.26 bits per heavy atom. The summed E-state index contributed by atoms with van der Waals surface area (Å²) in [7, 11) is 0. The van der Waals surface area contributed by atoms with Crippen molar-refractivity contribution in [3.63, 3.8) is 0 Å². The Hall–Kier alpha value is -3.02. The number of aliphatic hydroxyl groups excluding tert-OH is 1. The van der Waals surface area contributed by atoms with E-state index in [2.05, 4.69) is 39.5 Å². The zero-order valence-electron chi connectivity index (χ0n) is 19.2. The summed E-state index contributed by atoms with van der Waals surface area (Å²) in [6, 6.07) is 4.82. The van der Waals surface area contributed by atoms with Gasteiger partial charge in [-0.25, -0.2) is 14.5 Å². The van der Waals surface area contributed by atoms with Crippen molar-refractivity contribution >= 4 is 35.2 Å². The first-order valence-corrected chi connectivity index (χ1v) is 11.5. The summed E-state index contributed by atoms with van der Waals surface area (Å²) >= 11 is 5.81. The quantitative estimate of drug-likeness (QED) is 0.445. The average Bonchev–Trinajstić information content (AvgIpc) is 3.23. The number of piperidine rings is 1. The maximum Gasteiger partial charge on any atom is 0.358 e. The average molecular weight is 493 g/mol. The Labute approximate surface area is 202 Å². The van der Waals surface area contributed by atoms with Gasteiger partial charge in [0.1, 0.15) is 24.7 Å². The second-order valence-corrected chi connectivity index (χ2v) is 8.66. The van der Waals surface area contributed by atoms with E-state index >= 15 is 0 Å². The van der Waals surface area contributed by atoms with Crippen molar-refractivity contribution in [2.45, 2.75) is 45.3 Å². The third kappa shape index (κ3) is 6.99. The zero-order valence-corrected chi connectivity index (χ0v) is 19.9. The fourth-order valence-electron chi connectivity index (χ4n) is 3.62. The number of pyridine rings is 1. The van der Waals surface area contributed by atoms with Crippen LogP contribution in [-0.2, 0) is 16.1 Å². The minimum Gasteiger partial charge on any atom is -0.458 e. The molecule has 3 rings (SSSR count). The van der Waals surface area contributed by atoms with E-state index in [1.54, 1.807) is 6.07 Å². The van der Waals surface area contributed by atoms with Crippen LogP contribution in [0.5, 0.6) is 0 Å². The molecule has 3 N–H and O–H groups in total. The van der Waals surface area contributed by atoms with E-state index in [0.29, 0.717) is 11.1 Å². The van der Waals surface area contributed by atoms with E-state index in [0.717, 1.165) is 30.6 Å². The Morgan fingerprint density at radius 2 is 2.00 bits per heavy atom. The second-order valence-electron chi connectivity index (χ2n) is 8.22. The number of anilines is 1. The van der Waals surface area contributed by atoms with Crippen LogP contribution in [0.3, 0.4) is 0 Å². The van der Waals surface area contributed by atoms with E-state index in [-0.39, 0.29) is 43.0 Å². The number of aliphatic hydroxyl groups is 1. The lowest BCUT2D eigenvalue weighted by atomic mass is 10.0. The largest absolute Gasteiger partial charge is 0.458 e. The van der Waals surface area contributed by atoms with Gasteiger partial charge >= 0.3 is 5.97 Å². The molecule has 1 saturated heterocycles. The van der Waals surface area contributed by atoms with Crippen molar-refractivity contribution in [2.75, 3.05) is 31.6 Å². The molecule has 0 aromatic carbocycles. The van der Waals surface area contributed by atoms with Gasteiger partial charge in [0.25, 0.3) is 5.91 Å². The van der Waals surface area contributed by atoms with E-state index in [4.69, 9.17) is 21.4 Å². The number of rotatable bonds is 9.